The first-order chi connectivity index (χ1) is 7.93. The van der Waals surface area contributed by atoms with Crippen molar-refractivity contribution in [2.24, 2.45) is 5.92 Å². The Kier molecular flexibility index (Phi) is 2.73. The summed E-state index contributed by atoms with van der Waals surface area (Å²) >= 11 is 0. The lowest BCUT2D eigenvalue weighted by atomic mass is 9.85. The zero-order valence-electron chi connectivity index (χ0n) is 9.78. The number of hydrogen-bond donors (Lipinski definition) is 0. The third-order valence-corrected chi connectivity index (χ3v) is 4.00. The highest BCUT2D eigenvalue weighted by molar-refractivity contribution is 5.87. The van der Waals surface area contributed by atoms with Crippen molar-refractivity contribution in [2.75, 3.05) is 0 Å². The lowest BCUT2D eigenvalue weighted by Crippen LogP contribution is -2.08. The number of fused-ring (bicyclic) bond motifs is 1. The van der Waals surface area contributed by atoms with E-state index in [9.17, 15) is 0 Å². The van der Waals surface area contributed by atoms with Gasteiger partial charge in [0.15, 0.2) is 0 Å². The molecule has 0 aromatic heterocycles. The minimum absolute atomic E-state index is 0.944. The lowest BCUT2D eigenvalue weighted by Gasteiger charge is -2.23. The van der Waals surface area contributed by atoms with E-state index in [1.807, 2.05) is 0 Å². The lowest BCUT2D eigenvalue weighted by molar-refractivity contribution is 0.357. The molecule has 0 unspecified atom stereocenters. The molecule has 2 aromatic carbocycles. The van der Waals surface area contributed by atoms with Crippen LogP contribution in [-0.4, -0.2) is 0 Å². The van der Waals surface area contributed by atoms with Gasteiger partial charge >= 0.3 is 0 Å². The van der Waals surface area contributed by atoms with Crippen molar-refractivity contribution in [3.05, 3.63) is 42.0 Å². The fraction of sp³-hybridized carbons (Fsp3) is 0.438. The zero-order valence-corrected chi connectivity index (χ0v) is 9.78. The Balaban J connectivity index is 1.83. The molecule has 0 saturated heterocycles. The van der Waals surface area contributed by atoms with Gasteiger partial charge in [-0.25, -0.2) is 0 Å². The fourth-order valence-electron chi connectivity index (χ4n) is 3.10. The molecule has 0 amide bonds. The monoisotopic (exact) mass is 211 g/mol. The van der Waals surface area contributed by atoms with E-state index in [4.69, 9.17) is 0 Å². The first kappa shape index (κ1) is 10.0. The van der Waals surface area contributed by atoms with Crippen LogP contribution in [0.4, 0.5) is 0 Å². The van der Waals surface area contributed by atoms with Gasteiger partial charge in [0.2, 0.25) is 0 Å². The molecule has 1 aliphatic carbocycles. The molecular weight excluding hydrogens is 192 g/mol. The van der Waals surface area contributed by atoms with Gasteiger partial charge < -0.3 is 0 Å². The highest BCUT2D eigenvalue weighted by atomic mass is 14.2. The smallest absolute Gasteiger partial charge is 0.0444 e. The fourth-order valence-corrected chi connectivity index (χ4v) is 3.10. The molecule has 1 saturated carbocycles. The molecule has 0 atom stereocenters. The van der Waals surface area contributed by atoms with Crippen LogP contribution < -0.4 is 0 Å². The largest absolute Gasteiger partial charge is 0.148 e. The van der Waals surface area contributed by atoms with E-state index in [0.29, 0.717) is 0 Å². The van der Waals surface area contributed by atoms with E-state index < -0.39 is 0 Å². The molecule has 0 radical (unpaired) electrons. The second kappa shape index (κ2) is 4.37. The van der Waals surface area contributed by atoms with Crippen molar-refractivity contribution in [1.82, 2.24) is 0 Å². The van der Waals surface area contributed by atoms with Crippen LogP contribution >= 0.6 is 0 Å². The van der Waals surface area contributed by atoms with Gasteiger partial charge in [-0.3, -0.25) is 0 Å². The van der Waals surface area contributed by atoms with E-state index in [1.165, 1.54) is 49.3 Å². The summed E-state index contributed by atoms with van der Waals surface area (Å²) in [7, 11) is 0. The number of rotatable bonds is 2. The van der Waals surface area contributed by atoms with Gasteiger partial charge in [0, 0.05) is 0 Å². The van der Waals surface area contributed by atoms with Crippen molar-refractivity contribution >= 4 is 10.8 Å². The van der Waals surface area contributed by atoms with Crippen LogP contribution in [0.1, 0.15) is 37.7 Å². The van der Waals surface area contributed by atoms with Gasteiger partial charge in [0.25, 0.3) is 0 Å². The Morgan fingerprint density at radius 3 is 2.75 bits per heavy atom. The van der Waals surface area contributed by atoms with Gasteiger partial charge in [-0.05, 0) is 5.92 Å². The molecule has 0 heterocycles. The Bertz CT molecular complexity index is 458. The van der Waals surface area contributed by atoms with Gasteiger partial charge in [-0.2, -0.15) is 0 Å². The Morgan fingerprint density at radius 2 is 1.88 bits per heavy atom. The molecule has 1 fully saturated rings. The summed E-state index contributed by atoms with van der Waals surface area (Å²) in [5.41, 5.74) is 1.57. The summed E-state index contributed by atoms with van der Waals surface area (Å²) in [5, 5.41) is 2.89. The van der Waals surface area contributed by atoms with E-state index in [2.05, 4.69) is 36.4 Å². The summed E-state index contributed by atoms with van der Waals surface area (Å²) in [6, 6.07) is 13.4. The predicted octanol–water partition coefficient (Wildman–Crippen LogP) is 4.68. The van der Waals surface area contributed by atoms with Crippen LogP contribution in [0.15, 0.2) is 36.4 Å². The van der Waals surface area contributed by atoms with Crippen LogP contribution in [0.2, 0.25) is 0 Å². The first-order valence-electron chi connectivity index (χ1n) is 6.57. The van der Waals surface area contributed by atoms with Gasteiger partial charge in [-0.1, -0.05) is 43.9 Å². The molecule has 0 aliphatic heterocycles. The van der Waals surface area contributed by atoms with E-state index in [-0.39, 0.29) is 0 Å². The van der Waals surface area contributed by atoms with Gasteiger partial charge in [-0.15, -0.1) is 47.3 Å². The summed E-state index contributed by atoms with van der Waals surface area (Å²) < 4.78 is 0. The van der Waals surface area contributed by atoms with Crippen molar-refractivity contribution in [3.8, 4) is 0 Å². The summed E-state index contributed by atoms with van der Waals surface area (Å²) in [6.45, 7) is 0. The normalized spacial score (nSPS) is 18.0. The third kappa shape index (κ3) is 1.89. The van der Waals surface area contributed by atoms with Crippen LogP contribution in [-0.2, 0) is 6.42 Å². The Morgan fingerprint density at radius 1 is 1.00 bits per heavy atom. The highest BCUT2D eigenvalue weighted by Crippen LogP contribution is 2.30. The average Bonchev–Trinajstić information content (AvgIpc) is 2.74. The van der Waals surface area contributed by atoms with Crippen molar-refractivity contribution < 1.29 is 0 Å². The molecule has 1 aliphatic rings. The second-order valence-electron chi connectivity index (χ2n) is 5.15. The third-order valence-electron chi connectivity index (χ3n) is 4.00. The van der Waals surface area contributed by atoms with Crippen LogP contribution in [0.3, 0.4) is 0 Å². The zero-order chi connectivity index (χ0) is 10.8. The quantitative estimate of drug-likeness (QED) is 0.633. The average molecular weight is 211 g/mol. The van der Waals surface area contributed by atoms with Crippen LogP contribution in [0.5, 0.6) is 0 Å². The van der Waals surface area contributed by atoms with Crippen molar-refractivity contribution in [3.63, 3.8) is 0 Å². The maximum Gasteiger partial charge on any atom is -0.0444 e. The summed E-state index contributed by atoms with van der Waals surface area (Å²) in [6.07, 6.45) is 8.54. The topological polar surface area (TPSA) is 0 Å². The van der Waals surface area contributed by atoms with Crippen molar-refractivity contribution in [1.29, 1.82) is 0 Å². The SMILES string of the molecule is c1cc[c-]2ccc(CC3CCCCC3)c2c1. The molecule has 84 valence electrons. The van der Waals surface area contributed by atoms with Crippen molar-refractivity contribution in [2.45, 2.75) is 38.5 Å². The molecule has 2 aromatic rings. The maximum absolute atomic E-state index is 2.33. The van der Waals surface area contributed by atoms with E-state index >= 15 is 0 Å². The molecule has 16 heavy (non-hydrogen) atoms. The maximum atomic E-state index is 2.33. The molecule has 3 rings (SSSR count). The van der Waals surface area contributed by atoms with E-state index in [1.54, 1.807) is 5.56 Å². The molecule has 0 bridgehead atoms. The highest BCUT2D eigenvalue weighted by Gasteiger charge is 2.12. The predicted molar refractivity (Wildman–Crippen MR) is 69.8 cm³/mol. The second-order valence-corrected chi connectivity index (χ2v) is 5.15. The molecular formula is C16H19-. The first-order valence-corrected chi connectivity index (χ1v) is 6.57. The molecule has 0 heteroatoms. The summed E-state index contributed by atoms with van der Waals surface area (Å²) in [5.74, 6) is 0.944. The van der Waals surface area contributed by atoms with Crippen LogP contribution in [0.25, 0.3) is 10.8 Å². The molecule has 0 spiro atoms. The summed E-state index contributed by atoms with van der Waals surface area (Å²) in [4.78, 5) is 0. The molecule has 0 nitrogen and oxygen atoms in total. The van der Waals surface area contributed by atoms with Crippen LogP contribution in [0, 0.1) is 5.92 Å². The number of hydrogen-bond acceptors (Lipinski definition) is 0. The minimum atomic E-state index is 0.944. The standard InChI is InChI=1S/C16H19/c1-2-6-13(7-3-1)12-15-11-10-14-8-4-5-9-16(14)15/h4-5,8-11,13H,1-3,6-7,12H2/q-1. The Labute approximate surface area is 97.7 Å². The van der Waals surface area contributed by atoms with Gasteiger partial charge in [0.05, 0.1) is 0 Å². The molecule has 0 N–H and O–H groups in total. The minimum Gasteiger partial charge on any atom is -0.148 e. The Hall–Kier alpha value is -1.17. The number of benzene rings is 1. The van der Waals surface area contributed by atoms with Gasteiger partial charge in [0.1, 0.15) is 0 Å². The van der Waals surface area contributed by atoms with E-state index in [0.717, 1.165) is 5.92 Å².